The van der Waals surface area contributed by atoms with Crippen LogP contribution in [0.1, 0.15) is 10.4 Å². The van der Waals surface area contributed by atoms with E-state index >= 15 is 0 Å². The van der Waals surface area contributed by atoms with E-state index in [0.29, 0.717) is 21.5 Å². The molecular weight excluding hydrogens is 230 g/mol. The zero-order chi connectivity index (χ0) is 12.7. The zero-order valence-corrected chi connectivity index (χ0v) is 9.31. The monoisotopic (exact) mass is 239 g/mol. The second-order valence-corrected chi connectivity index (χ2v) is 4.05. The smallest absolute Gasteiger partial charge is 0.336 e. The Morgan fingerprint density at radius 1 is 1.11 bits per heavy atom. The fourth-order valence-electron chi connectivity index (χ4n) is 2.24. The van der Waals surface area contributed by atoms with Gasteiger partial charge in [0.15, 0.2) is 0 Å². The van der Waals surface area contributed by atoms with Crippen LogP contribution in [0.25, 0.3) is 21.5 Å². The first-order chi connectivity index (χ1) is 8.68. The van der Waals surface area contributed by atoms with E-state index < -0.39 is 5.97 Å². The molecule has 4 heteroatoms. The van der Waals surface area contributed by atoms with Gasteiger partial charge in [-0.15, -0.1) is 0 Å². The zero-order valence-electron chi connectivity index (χ0n) is 9.31. The summed E-state index contributed by atoms with van der Waals surface area (Å²) in [6.45, 7) is 0. The van der Waals surface area contributed by atoms with Gasteiger partial charge in [-0.1, -0.05) is 24.3 Å². The van der Waals surface area contributed by atoms with Gasteiger partial charge in [0.05, 0.1) is 10.9 Å². The number of carbonyl (C=O) groups is 1. The van der Waals surface area contributed by atoms with Gasteiger partial charge in [-0.25, -0.2) is 4.79 Å². The van der Waals surface area contributed by atoms with Crippen molar-refractivity contribution in [2.45, 2.75) is 0 Å². The van der Waals surface area contributed by atoms with E-state index in [1.807, 2.05) is 0 Å². The van der Waals surface area contributed by atoms with Crippen LogP contribution in [0.2, 0.25) is 0 Å². The van der Waals surface area contributed by atoms with Gasteiger partial charge in [0.25, 0.3) is 5.56 Å². The van der Waals surface area contributed by atoms with Crippen molar-refractivity contribution < 1.29 is 9.90 Å². The molecule has 3 rings (SSSR count). The predicted octanol–water partition coefficient (Wildman–Crippen LogP) is 2.38. The first-order valence-corrected chi connectivity index (χ1v) is 5.45. The van der Waals surface area contributed by atoms with Gasteiger partial charge >= 0.3 is 5.97 Å². The second-order valence-electron chi connectivity index (χ2n) is 4.05. The van der Waals surface area contributed by atoms with Crippen LogP contribution in [0.5, 0.6) is 0 Å². The number of fused-ring (bicyclic) bond motifs is 3. The lowest BCUT2D eigenvalue weighted by Gasteiger charge is -2.06. The van der Waals surface area contributed by atoms with Crippen LogP contribution < -0.4 is 5.56 Å². The molecule has 0 unspecified atom stereocenters. The van der Waals surface area contributed by atoms with Crippen molar-refractivity contribution in [3.05, 3.63) is 58.5 Å². The molecule has 0 fully saturated rings. The summed E-state index contributed by atoms with van der Waals surface area (Å²) < 4.78 is 0. The van der Waals surface area contributed by atoms with Gasteiger partial charge in [0.2, 0.25) is 0 Å². The lowest BCUT2D eigenvalue weighted by molar-refractivity contribution is 0.0699. The molecule has 0 spiro atoms. The van der Waals surface area contributed by atoms with E-state index in [1.54, 1.807) is 30.3 Å². The number of carboxylic acid groups (broad SMARTS) is 1. The summed E-state index contributed by atoms with van der Waals surface area (Å²) in [6.07, 6.45) is 1.52. The number of rotatable bonds is 1. The lowest BCUT2D eigenvalue weighted by Crippen LogP contribution is -2.07. The SMILES string of the molecule is O=C(O)c1cc2cc[nH]c(=O)c2c2ccccc12. The highest BCUT2D eigenvalue weighted by atomic mass is 16.4. The minimum absolute atomic E-state index is 0.208. The summed E-state index contributed by atoms with van der Waals surface area (Å²) in [6, 6.07) is 10.3. The lowest BCUT2D eigenvalue weighted by atomic mass is 9.98. The minimum atomic E-state index is -0.992. The Morgan fingerprint density at radius 3 is 2.56 bits per heavy atom. The molecule has 1 heterocycles. The molecular formula is C14H9NO3. The Morgan fingerprint density at radius 2 is 1.83 bits per heavy atom. The van der Waals surface area contributed by atoms with Gasteiger partial charge in [-0.3, -0.25) is 4.79 Å². The number of hydrogen-bond donors (Lipinski definition) is 2. The molecule has 0 saturated carbocycles. The molecule has 0 bridgehead atoms. The molecule has 1 aromatic heterocycles. The summed E-state index contributed by atoms with van der Waals surface area (Å²) in [4.78, 5) is 25.7. The Labute approximate surface area is 101 Å². The highest BCUT2D eigenvalue weighted by Gasteiger charge is 2.12. The van der Waals surface area contributed by atoms with Crippen molar-refractivity contribution in [2.75, 3.05) is 0 Å². The topological polar surface area (TPSA) is 70.2 Å². The van der Waals surface area contributed by atoms with Gasteiger partial charge in [0.1, 0.15) is 0 Å². The van der Waals surface area contributed by atoms with E-state index in [1.165, 1.54) is 12.3 Å². The predicted molar refractivity (Wildman–Crippen MR) is 69.0 cm³/mol. The Bertz CT molecular complexity index is 833. The number of nitrogens with one attached hydrogen (secondary N) is 1. The quantitative estimate of drug-likeness (QED) is 0.640. The molecule has 0 aliphatic rings. The first kappa shape index (κ1) is 10.5. The van der Waals surface area contributed by atoms with Crippen molar-refractivity contribution in [3.8, 4) is 0 Å². The molecule has 4 nitrogen and oxygen atoms in total. The third kappa shape index (κ3) is 1.39. The normalized spacial score (nSPS) is 10.9. The van der Waals surface area contributed by atoms with E-state index in [9.17, 15) is 14.7 Å². The highest BCUT2D eigenvalue weighted by Crippen LogP contribution is 2.26. The molecule has 88 valence electrons. The number of aromatic amines is 1. The van der Waals surface area contributed by atoms with Crippen LogP contribution in [-0.2, 0) is 0 Å². The number of H-pyrrole nitrogens is 1. The number of carboxylic acids is 1. The van der Waals surface area contributed by atoms with Gasteiger partial charge in [-0.05, 0) is 28.3 Å². The summed E-state index contributed by atoms with van der Waals surface area (Å²) in [5.41, 5.74) is 0.00402. The van der Waals surface area contributed by atoms with Crippen molar-refractivity contribution in [2.24, 2.45) is 0 Å². The molecule has 18 heavy (non-hydrogen) atoms. The third-order valence-electron chi connectivity index (χ3n) is 3.01. The largest absolute Gasteiger partial charge is 0.478 e. The van der Waals surface area contributed by atoms with Crippen LogP contribution >= 0.6 is 0 Å². The average molecular weight is 239 g/mol. The van der Waals surface area contributed by atoms with Crippen molar-refractivity contribution in [1.29, 1.82) is 0 Å². The van der Waals surface area contributed by atoms with Crippen LogP contribution in [0.4, 0.5) is 0 Å². The van der Waals surface area contributed by atoms with Gasteiger partial charge in [-0.2, -0.15) is 0 Å². The standard InChI is InChI=1S/C14H9NO3/c16-13-12-8(5-6-15-13)7-11(14(17)18)9-3-1-2-4-10(9)12/h1-7H,(H,15,16)(H,17,18). The Hall–Kier alpha value is -2.62. The van der Waals surface area contributed by atoms with Crippen molar-refractivity contribution in [1.82, 2.24) is 4.98 Å². The van der Waals surface area contributed by atoms with Crippen molar-refractivity contribution >= 4 is 27.5 Å². The number of aromatic carboxylic acids is 1. The van der Waals surface area contributed by atoms with E-state index in [2.05, 4.69) is 4.98 Å². The second kappa shape index (κ2) is 3.70. The number of aromatic nitrogens is 1. The third-order valence-corrected chi connectivity index (χ3v) is 3.01. The Balaban J connectivity index is 2.67. The van der Waals surface area contributed by atoms with Crippen LogP contribution in [0.3, 0.4) is 0 Å². The molecule has 2 N–H and O–H groups in total. The molecule has 0 radical (unpaired) electrons. The maximum Gasteiger partial charge on any atom is 0.336 e. The van der Waals surface area contributed by atoms with Crippen LogP contribution in [-0.4, -0.2) is 16.1 Å². The summed E-state index contributed by atoms with van der Waals surface area (Å²) in [5.74, 6) is -0.992. The Kier molecular flexibility index (Phi) is 2.16. The van der Waals surface area contributed by atoms with Crippen LogP contribution in [0, 0.1) is 0 Å². The average Bonchev–Trinajstić information content (AvgIpc) is 2.37. The fourth-order valence-corrected chi connectivity index (χ4v) is 2.24. The highest BCUT2D eigenvalue weighted by molar-refractivity contribution is 6.15. The number of hydrogen-bond acceptors (Lipinski definition) is 2. The summed E-state index contributed by atoms with van der Waals surface area (Å²) in [7, 11) is 0. The minimum Gasteiger partial charge on any atom is -0.478 e. The van der Waals surface area contributed by atoms with Gasteiger partial charge < -0.3 is 10.1 Å². The number of benzene rings is 2. The van der Waals surface area contributed by atoms with Gasteiger partial charge in [0, 0.05) is 6.20 Å². The summed E-state index contributed by atoms with van der Waals surface area (Å²) >= 11 is 0. The first-order valence-electron chi connectivity index (χ1n) is 5.45. The maximum atomic E-state index is 11.9. The molecule has 0 atom stereocenters. The molecule has 0 amide bonds. The van der Waals surface area contributed by atoms with E-state index in [-0.39, 0.29) is 11.1 Å². The molecule has 0 aliphatic carbocycles. The maximum absolute atomic E-state index is 11.9. The molecule has 2 aromatic carbocycles. The van der Waals surface area contributed by atoms with Crippen LogP contribution in [0.15, 0.2) is 47.4 Å². The fraction of sp³-hybridized carbons (Fsp3) is 0. The van der Waals surface area contributed by atoms with E-state index in [4.69, 9.17) is 0 Å². The van der Waals surface area contributed by atoms with Crippen molar-refractivity contribution in [3.63, 3.8) is 0 Å². The summed E-state index contributed by atoms with van der Waals surface area (Å²) in [5, 5.41) is 11.6. The number of pyridine rings is 1. The molecule has 0 saturated heterocycles. The molecule has 0 aliphatic heterocycles. The molecule has 3 aromatic rings. The van der Waals surface area contributed by atoms with E-state index in [0.717, 1.165) is 0 Å².